The fraction of sp³-hybridized carbons (Fsp3) is 0. The summed E-state index contributed by atoms with van der Waals surface area (Å²) in [5.74, 6) is -0.335. The molecule has 0 spiro atoms. The summed E-state index contributed by atoms with van der Waals surface area (Å²) in [6.45, 7) is 0. The highest BCUT2D eigenvalue weighted by Gasteiger charge is 2.17. The van der Waals surface area contributed by atoms with Crippen molar-refractivity contribution >= 4 is 22.9 Å². The lowest BCUT2D eigenvalue weighted by atomic mass is 9.93. The Labute approximate surface area is 244 Å². The molecule has 0 aromatic heterocycles. The molecule has 4 heteroatoms. The van der Waals surface area contributed by atoms with Crippen molar-refractivity contribution in [3.05, 3.63) is 168 Å². The Bertz CT molecular complexity index is 1750. The fourth-order valence-electron chi connectivity index (χ4n) is 5.07. The molecule has 6 aromatic carbocycles. The fourth-order valence-corrected chi connectivity index (χ4v) is 5.07. The summed E-state index contributed by atoms with van der Waals surface area (Å²) < 4.78 is 0. The second-order valence-electron chi connectivity index (χ2n) is 10.1. The Balaban J connectivity index is 1.27. The van der Waals surface area contributed by atoms with E-state index >= 15 is 0 Å². The zero-order valence-corrected chi connectivity index (χ0v) is 22.8. The Morgan fingerprint density at radius 3 is 1.02 bits per heavy atom. The standard InChI is InChI=1S/C38H28N2O2/c39-35-21-19-31(23-33(35)37(41)29-15-11-27(12-16-29)25-7-3-1-4-8-25)32-20-22-36(40)34(24-32)38(42)30-17-13-28(14-18-30)26-9-5-2-6-10-26/h1-24H,39-40H2. The van der Waals surface area contributed by atoms with Crippen molar-refractivity contribution in [2.45, 2.75) is 0 Å². The number of benzene rings is 6. The summed E-state index contributed by atoms with van der Waals surface area (Å²) in [6, 6.07) is 45.7. The molecule has 42 heavy (non-hydrogen) atoms. The van der Waals surface area contributed by atoms with Crippen molar-refractivity contribution in [2.75, 3.05) is 11.5 Å². The van der Waals surface area contributed by atoms with Crippen molar-refractivity contribution < 1.29 is 9.59 Å². The minimum absolute atomic E-state index is 0.167. The minimum atomic E-state index is -0.167. The predicted octanol–water partition coefficient (Wildman–Crippen LogP) is 8.31. The predicted molar refractivity (Wildman–Crippen MR) is 171 cm³/mol. The second kappa shape index (κ2) is 11.4. The van der Waals surface area contributed by atoms with Crippen LogP contribution in [-0.2, 0) is 0 Å². The molecule has 0 fully saturated rings. The van der Waals surface area contributed by atoms with Crippen LogP contribution >= 0.6 is 0 Å². The van der Waals surface area contributed by atoms with Gasteiger partial charge in [0.05, 0.1) is 0 Å². The summed E-state index contributed by atoms with van der Waals surface area (Å²) in [6.07, 6.45) is 0. The monoisotopic (exact) mass is 544 g/mol. The number of hydrogen-bond donors (Lipinski definition) is 2. The van der Waals surface area contributed by atoms with Gasteiger partial charge in [-0.05, 0) is 57.6 Å². The Morgan fingerprint density at radius 2 is 0.667 bits per heavy atom. The van der Waals surface area contributed by atoms with Crippen LogP contribution in [0, 0.1) is 0 Å². The highest BCUT2D eigenvalue weighted by atomic mass is 16.1. The second-order valence-corrected chi connectivity index (χ2v) is 10.1. The Kier molecular flexibility index (Phi) is 7.19. The maximum absolute atomic E-state index is 13.5. The average Bonchev–Trinajstić information content (AvgIpc) is 3.05. The van der Waals surface area contributed by atoms with E-state index in [2.05, 4.69) is 0 Å². The van der Waals surface area contributed by atoms with Crippen molar-refractivity contribution in [2.24, 2.45) is 0 Å². The number of carbonyl (C=O) groups is 2. The molecule has 6 rings (SSSR count). The van der Waals surface area contributed by atoms with E-state index in [0.29, 0.717) is 33.6 Å². The molecule has 0 saturated heterocycles. The van der Waals surface area contributed by atoms with Gasteiger partial charge in [-0.2, -0.15) is 0 Å². The third kappa shape index (κ3) is 5.34. The number of carbonyl (C=O) groups excluding carboxylic acids is 2. The third-order valence-electron chi connectivity index (χ3n) is 7.44. The molecule has 0 aliphatic carbocycles. The highest BCUT2D eigenvalue weighted by Crippen LogP contribution is 2.30. The van der Waals surface area contributed by atoms with Gasteiger partial charge in [0.2, 0.25) is 0 Å². The number of nitrogens with two attached hydrogens (primary N) is 2. The molecule has 0 saturated carbocycles. The minimum Gasteiger partial charge on any atom is -0.398 e. The van der Waals surface area contributed by atoms with Gasteiger partial charge in [0, 0.05) is 33.6 Å². The van der Waals surface area contributed by atoms with Gasteiger partial charge in [0.15, 0.2) is 11.6 Å². The van der Waals surface area contributed by atoms with Gasteiger partial charge in [-0.3, -0.25) is 9.59 Å². The first kappa shape index (κ1) is 26.5. The van der Waals surface area contributed by atoms with Crippen LogP contribution in [0.4, 0.5) is 11.4 Å². The molecule has 0 atom stereocenters. The molecular weight excluding hydrogens is 516 g/mol. The lowest BCUT2D eigenvalue weighted by Crippen LogP contribution is -2.07. The molecular formula is C38H28N2O2. The molecule has 6 aromatic rings. The van der Waals surface area contributed by atoms with Gasteiger partial charge in [-0.15, -0.1) is 0 Å². The van der Waals surface area contributed by atoms with Crippen LogP contribution in [0.25, 0.3) is 33.4 Å². The molecule has 4 N–H and O–H groups in total. The molecule has 202 valence electrons. The van der Waals surface area contributed by atoms with Crippen LogP contribution in [0.3, 0.4) is 0 Å². The van der Waals surface area contributed by atoms with Crippen LogP contribution < -0.4 is 11.5 Å². The average molecular weight is 545 g/mol. The van der Waals surface area contributed by atoms with Crippen LogP contribution in [0.15, 0.2) is 146 Å². The van der Waals surface area contributed by atoms with Crippen LogP contribution in [0.1, 0.15) is 31.8 Å². The number of ketones is 2. The van der Waals surface area contributed by atoms with E-state index in [-0.39, 0.29) is 11.6 Å². The number of rotatable bonds is 7. The molecule has 4 nitrogen and oxygen atoms in total. The van der Waals surface area contributed by atoms with E-state index in [4.69, 9.17) is 11.5 Å². The molecule has 0 aliphatic rings. The maximum Gasteiger partial charge on any atom is 0.195 e. The largest absolute Gasteiger partial charge is 0.398 e. The summed E-state index contributed by atoms with van der Waals surface area (Å²) >= 11 is 0. The first-order valence-electron chi connectivity index (χ1n) is 13.7. The van der Waals surface area contributed by atoms with Gasteiger partial charge in [-0.1, -0.05) is 121 Å². The molecule has 0 unspecified atom stereocenters. The zero-order chi connectivity index (χ0) is 29.1. The Hall–Kier alpha value is -5.74. The van der Waals surface area contributed by atoms with Gasteiger partial charge < -0.3 is 11.5 Å². The van der Waals surface area contributed by atoms with Crippen LogP contribution in [-0.4, -0.2) is 11.6 Å². The molecule has 0 amide bonds. The van der Waals surface area contributed by atoms with E-state index in [1.54, 1.807) is 24.3 Å². The third-order valence-corrected chi connectivity index (χ3v) is 7.44. The zero-order valence-electron chi connectivity index (χ0n) is 22.8. The smallest absolute Gasteiger partial charge is 0.195 e. The van der Waals surface area contributed by atoms with Gasteiger partial charge >= 0.3 is 0 Å². The molecule has 0 bridgehead atoms. The lowest BCUT2D eigenvalue weighted by molar-refractivity contribution is 0.103. The van der Waals surface area contributed by atoms with E-state index in [1.165, 1.54) is 0 Å². The molecule has 0 heterocycles. The molecule has 0 radical (unpaired) electrons. The molecule has 0 aliphatic heterocycles. The first-order chi connectivity index (χ1) is 20.5. The van der Waals surface area contributed by atoms with Crippen molar-refractivity contribution in [1.82, 2.24) is 0 Å². The Morgan fingerprint density at radius 1 is 0.357 bits per heavy atom. The van der Waals surface area contributed by atoms with E-state index in [0.717, 1.165) is 33.4 Å². The van der Waals surface area contributed by atoms with Crippen LogP contribution in [0.2, 0.25) is 0 Å². The number of anilines is 2. The highest BCUT2D eigenvalue weighted by molar-refractivity contribution is 6.14. The van der Waals surface area contributed by atoms with Gasteiger partial charge in [0.1, 0.15) is 0 Å². The van der Waals surface area contributed by atoms with Crippen molar-refractivity contribution in [1.29, 1.82) is 0 Å². The summed E-state index contributed by atoms with van der Waals surface area (Å²) in [5.41, 5.74) is 21.0. The summed E-state index contributed by atoms with van der Waals surface area (Å²) in [7, 11) is 0. The van der Waals surface area contributed by atoms with Gasteiger partial charge in [-0.25, -0.2) is 0 Å². The van der Waals surface area contributed by atoms with E-state index < -0.39 is 0 Å². The quantitative estimate of drug-likeness (QED) is 0.156. The first-order valence-corrected chi connectivity index (χ1v) is 13.7. The SMILES string of the molecule is Nc1ccc(-c2ccc(N)c(C(=O)c3ccc(-c4ccccc4)cc3)c2)cc1C(=O)c1ccc(-c2ccccc2)cc1. The number of nitrogen functional groups attached to an aromatic ring is 2. The van der Waals surface area contributed by atoms with Gasteiger partial charge in [0.25, 0.3) is 0 Å². The number of hydrogen-bond acceptors (Lipinski definition) is 4. The van der Waals surface area contributed by atoms with Crippen molar-refractivity contribution in [3.63, 3.8) is 0 Å². The maximum atomic E-state index is 13.5. The van der Waals surface area contributed by atoms with E-state index in [9.17, 15) is 9.59 Å². The van der Waals surface area contributed by atoms with Crippen molar-refractivity contribution in [3.8, 4) is 33.4 Å². The normalized spacial score (nSPS) is 10.8. The van der Waals surface area contributed by atoms with E-state index in [1.807, 2.05) is 121 Å². The lowest BCUT2D eigenvalue weighted by Gasteiger charge is -2.12. The summed E-state index contributed by atoms with van der Waals surface area (Å²) in [4.78, 5) is 27.0. The topological polar surface area (TPSA) is 86.2 Å². The summed E-state index contributed by atoms with van der Waals surface area (Å²) in [5, 5.41) is 0. The van der Waals surface area contributed by atoms with Crippen LogP contribution in [0.5, 0.6) is 0 Å².